The molecule has 0 fully saturated rings. The number of hydrogen-bond acceptors (Lipinski definition) is 4. The van der Waals surface area contributed by atoms with Gasteiger partial charge < -0.3 is 10.0 Å². The topological polar surface area (TPSA) is 99.2 Å². The van der Waals surface area contributed by atoms with Gasteiger partial charge in [0.15, 0.2) is 0 Å². The smallest absolute Gasteiger partial charge is 0.337 e. The molecule has 3 rings (SSSR count). The third-order valence-corrected chi connectivity index (χ3v) is 3.35. The summed E-state index contributed by atoms with van der Waals surface area (Å²) < 4.78 is 0. The van der Waals surface area contributed by atoms with Crippen LogP contribution in [-0.2, 0) is 17.9 Å². The van der Waals surface area contributed by atoms with Crippen molar-refractivity contribution in [2.24, 2.45) is 0 Å². The van der Waals surface area contributed by atoms with Crippen LogP contribution in [0.5, 0.6) is 0 Å². The number of carbonyl (C=O) groups is 2. The molecular formula is C13H12N4O3. The average molecular weight is 272 g/mol. The number of nitrogens with zero attached hydrogens (tertiary/aromatic N) is 3. The van der Waals surface area contributed by atoms with Crippen molar-refractivity contribution >= 4 is 11.9 Å². The Morgan fingerprint density at radius 2 is 2.15 bits per heavy atom. The van der Waals surface area contributed by atoms with Crippen molar-refractivity contribution in [2.75, 3.05) is 0 Å². The molecule has 1 aliphatic rings. The number of aromatic amines is 1. The van der Waals surface area contributed by atoms with Crippen LogP contribution in [0.4, 0.5) is 0 Å². The second-order valence-electron chi connectivity index (χ2n) is 4.64. The molecule has 0 saturated carbocycles. The summed E-state index contributed by atoms with van der Waals surface area (Å²) in [5.74, 6) is -1.01. The molecule has 0 saturated heterocycles. The molecule has 3 heterocycles. The van der Waals surface area contributed by atoms with Crippen LogP contribution in [0, 0.1) is 0 Å². The Morgan fingerprint density at radius 3 is 2.75 bits per heavy atom. The van der Waals surface area contributed by atoms with Gasteiger partial charge in [0.2, 0.25) is 5.91 Å². The lowest BCUT2D eigenvalue weighted by Gasteiger charge is -2.12. The van der Waals surface area contributed by atoms with Crippen LogP contribution in [0.3, 0.4) is 0 Å². The van der Waals surface area contributed by atoms with Crippen LogP contribution in [0.1, 0.15) is 28.5 Å². The van der Waals surface area contributed by atoms with E-state index in [4.69, 9.17) is 5.11 Å². The maximum absolute atomic E-state index is 11.4. The Morgan fingerprint density at radius 1 is 1.35 bits per heavy atom. The highest BCUT2D eigenvalue weighted by molar-refractivity contribution is 5.87. The van der Waals surface area contributed by atoms with Gasteiger partial charge in [-0.2, -0.15) is 5.10 Å². The van der Waals surface area contributed by atoms with Crippen molar-refractivity contribution in [2.45, 2.75) is 20.0 Å². The monoisotopic (exact) mass is 272 g/mol. The number of fused-ring (bicyclic) bond motifs is 1. The summed E-state index contributed by atoms with van der Waals surface area (Å²) in [6, 6.07) is 3.11. The zero-order valence-electron chi connectivity index (χ0n) is 10.8. The highest BCUT2D eigenvalue weighted by atomic mass is 16.4. The molecule has 1 aliphatic heterocycles. The van der Waals surface area contributed by atoms with Gasteiger partial charge in [-0.15, -0.1) is 0 Å². The predicted octanol–water partition coefficient (Wildman–Crippen LogP) is 1.03. The summed E-state index contributed by atoms with van der Waals surface area (Å²) in [5, 5.41) is 16.0. The lowest BCUT2D eigenvalue weighted by atomic mass is 10.1. The number of aromatic nitrogens is 3. The number of hydrogen-bond donors (Lipinski definition) is 2. The van der Waals surface area contributed by atoms with Crippen LogP contribution in [0.25, 0.3) is 11.4 Å². The lowest BCUT2D eigenvalue weighted by Crippen LogP contribution is -2.22. The summed E-state index contributed by atoms with van der Waals surface area (Å²) in [5.41, 5.74) is 3.24. The lowest BCUT2D eigenvalue weighted by molar-refractivity contribution is -0.129. The summed E-state index contributed by atoms with van der Waals surface area (Å²) in [7, 11) is 0. The molecule has 0 aromatic carbocycles. The molecule has 7 nitrogen and oxygen atoms in total. The highest BCUT2D eigenvalue weighted by Gasteiger charge is 2.27. The van der Waals surface area contributed by atoms with Crippen molar-refractivity contribution in [3.05, 3.63) is 35.2 Å². The van der Waals surface area contributed by atoms with Crippen molar-refractivity contribution < 1.29 is 14.7 Å². The van der Waals surface area contributed by atoms with E-state index in [-0.39, 0.29) is 11.5 Å². The zero-order chi connectivity index (χ0) is 14.3. The number of H-pyrrole nitrogens is 1. The molecule has 20 heavy (non-hydrogen) atoms. The minimum absolute atomic E-state index is 0.00901. The Kier molecular flexibility index (Phi) is 2.74. The SMILES string of the molecule is CC(=O)N1Cc2[nH]nc(-c3ccc(C(=O)O)cn3)c2C1. The summed E-state index contributed by atoms with van der Waals surface area (Å²) in [4.78, 5) is 28.0. The number of nitrogens with one attached hydrogen (secondary N) is 1. The molecule has 7 heteroatoms. The van der Waals surface area contributed by atoms with E-state index < -0.39 is 5.97 Å². The van der Waals surface area contributed by atoms with E-state index in [1.807, 2.05) is 0 Å². The van der Waals surface area contributed by atoms with Gasteiger partial charge >= 0.3 is 5.97 Å². The average Bonchev–Trinajstić information content (AvgIpc) is 2.98. The summed E-state index contributed by atoms with van der Waals surface area (Å²) >= 11 is 0. The standard InChI is InChI=1S/C13H12N4O3/c1-7(18)17-5-9-11(6-17)15-16-12(9)10-3-2-8(4-14-10)13(19)20/h2-4H,5-6H2,1H3,(H,15,16)(H,19,20). The molecule has 0 radical (unpaired) electrons. The maximum atomic E-state index is 11.4. The summed E-state index contributed by atoms with van der Waals surface area (Å²) in [6.45, 7) is 2.54. The van der Waals surface area contributed by atoms with Crippen molar-refractivity contribution in [1.29, 1.82) is 0 Å². The molecule has 0 bridgehead atoms. The molecule has 102 valence electrons. The Hall–Kier alpha value is -2.70. The first kappa shape index (κ1) is 12.3. The molecule has 0 unspecified atom stereocenters. The van der Waals surface area contributed by atoms with Gasteiger partial charge in [0, 0.05) is 18.7 Å². The normalized spacial score (nSPS) is 13.3. The van der Waals surface area contributed by atoms with Crippen molar-refractivity contribution in [1.82, 2.24) is 20.1 Å². The summed E-state index contributed by atoms with van der Waals surface area (Å²) in [6.07, 6.45) is 1.30. The minimum atomic E-state index is -1.01. The fourth-order valence-electron chi connectivity index (χ4n) is 2.23. The van der Waals surface area contributed by atoms with Gasteiger partial charge in [-0.3, -0.25) is 14.9 Å². The largest absolute Gasteiger partial charge is 0.478 e. The minimum Gasteiger partial charge on any atom is -0.478 e. The van der Waals surface area contributed by atoms with Gasteiger partial charge in [0.1, 0.15) is 5.69 Å². The van der Waals surface area contributed by atoms with E-state index in [0.29, 0.717) is 24.5 Å². The third kappa shape index (κ3) is 1.93. The molecule has 2 aromatic rings. The highest BCUT2D eigenvalue weighted by Crippen LogP contribution is 2.29. The molecule has 2 N–H and O–H groups in total. The Labute approximate surface area is 114 Å². The number of amides is 1. The van der Waals surface area contributed by atoms with E-state index in [9.17, 15) is 9.59 Å². The fraction of sp³-hybridized carbons (Fsp3) is 0.231. The maximum Gasteiger partial charge on any atom is 0.337 e. The number of aromatic carboxylic acids is 1. The number of carboxylic acids is 1. The number of rotatable bonds is 2. The first-order valence-corrected chi connectivity index (χ1v) is 6.07. The molecule has 0 aliphatic carbocycles. The van der Waals surface area contributed by atoms with E-state index in [1.54, 1.807) is 11.0 Å². The second kappa shape index (κ2) is 4.44. The first-order valence-electron chi connectivity index (χ1n) is 6.07. The van der Waals surface area contributed by atoms with Gasteiger partial charge in [-0.25, -0.2) is 4.79 Å². The predicted molar refractivity (Wildman–Crippen MR) is 68.7 cm³/mol. The number of carbonyl (C=O) groups excluding carboxylic acids is 1. The third-order valence-electron chi connectivity index (χ3n) is 3.35. The molecule has 0 spiro atoms. The van der Waals surface area contributed by atoms with Crippen molar-refractivity contribution in [3.63, 3.8) is 0 Å². The van der Waals surface area contributed by atoms with Crippen LogP contribution in [0.2, 0.25) is 0 Å². The first-order chi connectivity index (χ1) is 9.56. The zero-order valence-corrected chi connectivity index (χ0v) is 10.8. The van der Waals surface area contributed by atoms with E-state index in [0.717, 1.165) is 11.3 Å². The van der Waals surface area contributed by atoms with Crippen LogP contribution in [0.15, 0.2) is 18.3 Å². The second-order valence-corrected chi connectivity index (χ2v) is 4.64. The van der Waals surface area contributed by atoms with Crippen LogP contribution < -0.4 is 0 Å². The number of pyridine rings is 1. The van der Waals surface area contributed by atoms with Gasteiger partial charge in [-0.05, 0) is 12.1 Å². The Balaban J connectivity index is 1.94. The van der Waals surface area contributed by atoms with Gasteiger partial charge in [-0.1, -0.05) is 0 Å². The van der Waals surface area contributed by atoms with E-state index in [1.165, 1.54) is 19.2 Å². The number of carboxylic acid groups (broad SMARTS) is 1. The molecule has 0 atom stereocenters. The van der Waals surface area contributed by atoms with Gasteiger partial charge in [0.05, 0.1) is 30.0 Å². The molecular weight excluding hydrogens is 260 g/mol. The quantitative estimate of drug-likeness (QED) is 0.850. The molecule has 1 amide bonds. The van der Waals surface area contributed by atoms with Gasteiger partial charge in [0.25, 0.3) is 0 Å². The Bertz CT molecular complexity index is 690. The van der Waals surface area contributed by atoms with Crippen LogP contribution >= 0.6 is 0 Å². The van der Waals surface area contributed by atoms with Crippen molar-refractivity contribution in [3.8, 4) is 11.4 Å². The molecule has 2 aromatic heterocycles. The van der Waals surface area contributed by atoms with E-state index in [2.05, 4.69) is 15.2 Å². The van der Waals surface area contributed by atoms with E-state index >= 15 is 0 Å². The van der Waals surface area contributed by atoms with Crippen LogP contribution in [-0.4, -0.2) is 37.1 Å². The fourth-order valence-corrected chi connectivity index (χ4v) is 2.23.